The predicted octanol–water partition coefficient (Wildman–Crippen LogP) is 3.38. The van der Waals surface area contributed by atoms with E-state index in [-0.39, 0.29) is 0 Å². The summed E-state index contributed by atoms with van der Waals surface area (Å²) < 4.78 is 28.0. The Morgan fingerprint density at radius 2 is 2.00 bits per heavy atom. The Kier molecular flexibility index (Phi) is 6.33. The van der Waals surface area contributed by atoms with Crippen LogP contribution < -0.4 is 5.30 Å². The molecule has 0 spiro atoms. The molecule has 0 aliphatic carbocycles. The summed E-state index contributed by atoms with van der Waals surface area (Å²) in [6.45, 7) is 6.23. The first kappa shape index (κ1) is 15.2. The zero-order valence-corrected chi connectivity index (χ0v) is 12.0. The van der Waals surface area contributed by atoms with Gasteiger partial charge in [0.1, 0.15) is 17.3 Å². The van der Waals surface area contributed by atoms with E-state index in [1.807, 2.05) is 6.08 Å². The van der Waals surface area contributed by atoms with Crippen molar-refractivity contribution < 1.29 is 18.1 Å². The van der Waals surface area contributed by atoms with Gasteiger partial charge in [-0.25, -0.2) is 0 Å². The van der Waals surface area contributed by atoms with Gasteiger partial charge in [0.05, 0.1) is 13.2 Å². The first-order chi connectivity index (χ1) is 8.68. The Balaban J connectivity index is 2.99. The molecule has 0 radical (unpaired) electrons. The highest BCUT2D eigenvalue weighted by Crippen LogP contribution is 2.47. The lowest BCUT2D eigenvalue weighted by Crippen LogP contribution is -2.11. The summed E-state index contributed by atoms with van der Waals surface area (Å²) >= 11 is 0. The molecule has 1 rings (SSSR count). The maximum atomic E-state index is 12.6. The van der Waals surface area contributed by atoms with Crippen LogP contribution in [-0.2, 0) is 13.6 Å². The molecule has 1 aromatic rings. The van der Waals surface area contributed by atoms with Crippen LogP contribution in [0.3, 0.4) is 0 Å². The second-order valence-electron chi connectivity index (χ2n) is 3.61. The minimum Gasteiger partial charge on any atom is -0.363 e. The third-order valence-corrected chi connectivity index (χ3v) is 4.32. The van der Waals surface area contributed by atoms with E-state index in [2.05, 4.69) is 12.1 Å². The predicted molar refractivity (Wildman–Crippen MR) is 70.9 cm³/mol. The van der Waals surface area contributed by atoms with Crippen LogP contribution in [0.15, 0.2) is 16.9 Å². The molecule has 18 heavy (non-hydrogen) atoms. The van der Waals surface area contributed by atoms with Gasteiger partial charge in [-0.3, -0.25) is 4.57 Å². The molecule has 6 heteroatoms. The van der Waals surface area contributed by atoms with Gasteiger partial charge in [0, 0.05) is 0 Å². The number of hydrogen-bond donors (Lipinski definition) is 0. The topological polar surface area (TPSA) is 61.6 Å². The zero-order valence-electron chi connectivity index (χ0n) is 11.1. The number of nitrogens with zero attached hydrogens (tertiary/aromatic N) is 1. The molecule has 1 heterocycles. The summed E-state index contributed by atoms with van der Waals surface area (Å²) in [5, 5.41) is 4.21. The van der Waals surface area contributed by atoms with Crippen LogP contribution in [0.5, 0.6) is 0 Å². The Morgan fingerprint density at radius 1 is 1.33 bits per heavy atom. The van der Waals surface area contributed by atoms with Gasteiger partial charge in [0.15, 0.2) is 0 Å². The number of aromatic nitrogens is 1. The highest BCUT2D eigenvalue weighted by Gasteiger charge is 2.31. The van der Waals surface area contributed by atoms with Gasteiger partial charge in [-0.2, -0.15) is 0 Å². The number of unbranched alkanes of at least 4 members (excludes halogenated alkanes) is 1. The molecule has 5 nitrogen and oxygen atoms in total. The minimum absolute atomic E-state index is 0.306. The van der Waals surface area contributed by atoms with Crippen molar-refractivity contribution >= 4 is 19.0 Å². The maximum Gasteiger partial charge on any atom is 0.366 e. The molecule has 0 fully saturated rings. The van der Waals surface area contributed by atoms with Gasteiger partial charge < -0.3 is 13.6 Å². The average Bonchev–Trinajstić information content (AvgIpc) is 2.79. The summed E-state index contributed by atoms with van der Waals surface area (Å²) in [6, 6.07) is 0. The molecule has 0 aliphatic heterocycles. The average molecular weight is 273 g/mol. The molecule has 102 valence electrons. The van der Waals surface area contributed by atoms with E-state index in [1.165, 1.54) is 6.26 Å². The van der Waals surface area contributed by atoms with Crippen molar-refractivity contribution in [2.24, 2.45) is 0 Å². The quantitative estimate of drug-likeness (QED) is 0.679. The number of allylic oxidation sites excluding steroid dienone is 1. The van der Waals surface area contributed by atoms with Crippen LogP contribution in [0.2, 0.25) is 0 Å². The lowest BCUT2D eigenvalue weighted by Gasteiger charge is -2.15. The fraction of sp³-hybridized carbons (Fsp3) is 0.583. The van der Waals surface area contributed by atoms with Crippen molar-refractivity contribution in [2.75, 3.05) is 13.2 Å². The van der Waals surface area contributed by atoms with Crippen LogP contribution >= 0.6 is 7.60 Å². The van der Waals surface area contributed by atoms with Crippen LogP contribution in [0.25, 0.3) is 6.08 Å². The van der Waals surface area contributed by atoms with Gasteiger partial charge in [-0.05, 0) is 26.3 Å². The van der Waals surface area contributed by atoms with Crippen molar-refractivity contribution in [1.29, 1.82) is 0 Å². The van der Waals surface area contributed by atoms with E-state index in [9.17, 15) is 4.57 Å². The van der Waals surface area contributed by atoms with Gasteiger partial charge >= 0.3 is 7.60 Å². The fourth-order valence-corrected chi connectivity index (χ4v) is 3.04. The third-order valence-electron chi connectivity index (χ3n) is 2.20. The SMILES string of the molecule is CCC/C=C/c1nocc1P(=O)(OCC)OCC. The highest BCUT2D eigenvalue weighted by molar-refractivity contribution is 7.62. The summed E-state index contributed by atoms with van der Waals surface area (Å²) in [6.07, 6.45) is 7.05. The zero-order chi connectivity index (χ0) is 13.4. The van der Waals surface area contributed by atoms with Crippen LogP contribution in [0, 0.1) is 0 Å². The monoisotopic (exact) mass is 273 g/mol. The Labute approximate surface area is 108 Å². The number of rotatable bonds is 8. The molecule has 0 bridgehead atoms. The molecule has 0 atom stereocenters. The molecule has 0 saturated heterocycles. The van der Waals surface area contributed by atoms with Crippen molar-refractivity contribution in [1.82, 2.24) is 5.16 Å². The van der Waals surface area contributed by atoms with Gasteiger partial charge in [-0.15, -0.1) is 0 Å². The molecule has 0 N–H and O–H groups in total. The maximum absolute atomic E-state index is 12.6. The smallest absolute Gasteiger partial charge is 0.363 e. The molecular formula is C12H20NO4P. The van der Waals surface area contributed by atoms with Crippen molar-refractivity contribution in [3.05, 3.63) is 18.0 Å². The van der Waals surface area contributed by atoms with E-state index in [0.29, 0.717) is 24.2 Å². The highest BCUT2D eigenvalue weighted by atomic mass is 31.2. The summed E-state index contributed by atoms with van der Waals surface area (Å²) in [7, 11) is -3.32. The van der Waals surface area contributed by atoms with Gasteiger partial charge in [-0.1, -0.05) is 24.6 Å². The molecule has 0 aliphatic rings. The van der Waals surface area contributed by atoms with Crippen LogP contribution in [0.4, 0.5) is 0 Å². The second-order valence-corrected chi connectivity index (χ2v) is 5.60. The second kappa shape index (κ2) is 7.52. The first-order valence-electron chi connectivity index (χ1n) is 6.18. The van der Waals surface area contributed by atoms with Gasteiger partial charge in [0.25, 0.3) is 0 Å². The van der Waals surface area contributed by atoms with Crippen LogP contribution in [-0.4, -0.2) is 18.4 Å². The Hall–Kier alpha value is -0.900. The summed E-state index contributed by atoms with van der Waals surface area (Å²) in [5.74, 6) is 0. The van der Waals surface area contributed by atoms with Crippen molar-refractivity contribution in [3.8, 4) is 0 Å². The summed E-state index contributed by atoms with van der Waals surface area (Å²) in [5.41, 5.74) is 0.508. The summed E-state index contributed by atoms with van der Waals surface area (Å²) in [4.78, 5) is 0. The molecule has 0 amide bonds. The van der Waals surface area contributed by atoms with Crippen molar-refractivity contribution in [3.63, 3.8) is 0 Å². The van der Waals surface area contributed by atoms with E-state index in [4.69, 9.17) is 13.6 Å². The normalized spacial score (nSPS) is 12.4. The van der Waals surface area contributed by atoms with Crippen LogP contribution in [0.1, 0.15) is 39.3 Å². The minimum atomic E-state index is -3.32. The number of hydrogen-bond acceptors (Lipinski definition) is 5. The van der Waals surface area contributed by atoms with E-state index < -0.39 is 7.60 Å². The Bertz CT molecular complexity index is 417. The molecule has 0 unspecified atom stereocenters. The van der Waals surface area contributed by atoms with E-state index >= 15 is 0 Å². The lowest BCUT2D eigenvalue weighted by atomic mass is 10.3. The first-order valence-corrected chi connectivity index (χ1v) is 7.72. The molecule has 0 saturated carbocycles. The standard InChI is InChI=1S/C12H20NO4P/c1-4-7-8-9-11-12(10-15-13-11)18(14,16-5-2)17-6-3/h8-10H,4-7H2,1-3H3/b9-8+. The fourth-order valence-electron chi connectivity index (χ4n) is 1.44. The molecule has 1 aromatic heterocycles. The third kappa shape index (κ3) is 3.80. The molecule has 0 aromatic carbocycles. The lowest BCUT2D eigenvalue weighted by molar-refractivity contribution is 0.229. The van der Waals surface area contributed by atoms with Crippen molar-refractivity contribution in [2.45, 2.75) is 33.6 Å². The van der Waals surface area contributed by atoms with Gasteiger partial charge in [0.2, 0.25) is 0 Å². The largest absolute Gasteiger partial charge is 0.366 e. The van der Waals surface area contributed by atoms with E-state index in [1.54, 1.807) is 19.9 Å². The Morgan fingerprint density at radius 3 is 2.56 bits per heavy atom. The molecular weight excluding hydrogens is 253 g/mol. The van der Waals surface area contributed by atoms with E-state index in [0.717, 1.165) is 12.8 Å².